The summed E-state index contributed by atoms with van der Waals surface area (Å²) < 4.78 is 0. The van der Waals surface area contributed by atoms with E-state index in [1.807, 2.05) is 0 Å². The molecule has 0 unspecified atom stereocenters. The van der Waals surface area contributed by atoms with Gasteiger partial charge in [-0.3, -0.25) is 9.59 Å². The number of nitrogens with one attached hydrogen (secondary N) is 1. The summed E-state index contributed by atoms with van der Waals surface area (Å²) in [5.74, 6) is -0.373. The highest BCUT2D eigenvalue weighted by Gasteiger charge is 2.40. The molecule has 0 saturated heterocycles. The lowest BCUT2D eigenvalue weighted by Gasteiger charge is -2.33. The van der Waals surface area contributed by atoms with Crippen LogP contribution in [0.1, 0.15) is 115 Å². The Kier molecular flexibility index (Phi) is 6.68. The van der Waals surface area contributed by atoms with E-state index in [2.05, 4.69) is 57.3 Å². The molecule has 2 N–H and O–H groups in total. The molecule has 1 aromatic carbocycles. The standard InChI is InChI=1S/C32H43NO3/c1-31(2,3)25-14-22(15-26(19-25)32(4)10-11-32)28-18-23(13-21(28)12-20-8-6-5-7-9-20)29(34)33-27-16-24(17-27)30(35)36/h13-15,19-20,24,27H,5-12,16-18H2,1-4H3,(H,33,34)(H,35,36). The Morgan fingerprint density at radius 2 is 1.75 bits per heavy atom. The van der Waals surface area contributed by atoms with Gasteiger partial charge in [0, 0.05) is 18.0 Å². The highest BCUT2D eigenvalue weighted by Crippen LogP contribution is 2.50. The maximum atomic E-state index is 13.2. The molecule has 4 heteroatoms. The smallest absolute Gasteiger partial charge is 0.306 e. The van der Waals surface area contributed by atoms with Crippen molar-refractivity contribution in [1.29, 1.82) is 0 Å². The fourth-order valence-corrected chi connectivity index (χ4v) is 6.25. The molecule has 0 aromatic heterocycles. The fourth-order valence-electron chi connectivity index (χ4n) is 6.25. The largest absolute Gasteiger partial charge is 0.481 e. The molecular weight excluding hydrogens is 446 g/mol. The Balaban J connectivity index is 1.43. The van der Waals surface area contributed by atoms with Gasteiger partial charge in [0.1, 0.15) is 0 Å². The molecule has 0 bridgehead atoms. The lowest BCUT2D eigenvalue weighted by Crippen LogP contribution is -2.47. The van der Waals surface area contributed by atoms with Crippen molar-refractivity contribution in [2.75, 3.05) is 0 Å². The predicted molar refractivity (Wildman–Crippen MR) is 145 cm³/mol. The molecule has 4 aliphatic carbocycles. The van der Waals surface area contributed by atoms with Crippen LogP contribution >= 0.6 is 0 Å². The molecule has 3 saturated carbocycles. The van der Waals surface area contributed by atoms with Crippen LogP contribution in [0.25, 0.3) is 5.57 Å². The molecule has 1 aromatic rings. The summed E-state index contributed by atoms with van der Waals surface area (Å²) in [4.78, 5) is 24.4. The fraction of sp³-hybridized carbons (Fsp3) is 0.625. The van der Waals surface area contributed by atoms with Gasteiger partial charge in [-0.1, -0.05) is 78.0 Å². The van der Waals surface area contributed by atoms with Crippen molar-refractivity contribution >= 4 is 17.4 Å². The maximum absolute atomic E-state index is 13.2. The number of hydrogen-bond acceptors (Lipinski definition) is 2. The van der Waals surface area contributed by atoms with Gasteiger partial charge in [0.25, 0.3) is 0 Å². The van der Waals surface area contributed by atoms with E-state index in [0.717, 1.165) is 12.0 Å². The number of rotatable bonds is 7. The summed E-state index contributed by atoms with van der Waals surface area (Å²) in [6, 6.07) is 7.19. The number of aliphatic carboxylic acids is 1. The number of allylic oxidation sites excluding steroid dienone is 3. The van der Waals surface area contributed by atoms with Crippen LogP contribution < -0.4 is 5.32 Å². The first kappa shape index (κ1) is 25.3. The van der Waals surface area contributed by atoms with Gasteiger partial charge in [0.15, 0.2) is 0 Å². The van der Waals surface area contributed by atoms with Crippen molar-refractivity contribution in [2.45, 2.75) is 115 Å². The van der Waals surface area contributed by atoms with Gasteiger partial charge in [-0.2, -0.15) is 0 Å². The number of carboxylic acid groups (broad SMARTS) is 1. The Morgan fingerprint density at radius 3 is 2.36 bits per heavy atom. The van der Waals surface area contributed by atoms with E-state index in [0.29, 0.717) is 25.2 Å². The quantitative estimate of drug-likeness (QED) is 0.430. The minimum atomic E-state index is -0.752. The molecule has 4 nitrogen and oxygen atoms in total. The zero-order valence-corrected chi connectivity index (χ0v) is 22.6. The van der Waals surface area contributed by atoms with Gasteiger partial charge in [-0.05, 0) is 82.8 Å². The minimum Gasteiger partial charge on any atom is -0.481 e. The van der Waals surface area contributed by atoms with Gasteiger partial charge in [0.05, 0.1) is 5.92 Å². The van der Waals surface area contributed by atoms with Crippen molar-refractivity contribution in [3.05, 3.63) is 52.1 Å². The van der Waals surface area contributed by atoms with Crippen LogP contribution in [-0.4, -0.2) is 23.0 Å². The number of carboxylic acids is 1. The van der Waals surface area contributed by atoms with E-state index in [4.69, 9.17) is 0 Å². The predicted octanol–water partition coefficient (Wildman–Crippen LogP) is 7.07. The average molecular weight is 490 g/mol. The number of benzene rings is 1. The maximum Gasteiger partial charge on any atom is 0.306 e. The van der Waals surface area contributed by atoms with E-state index in [-0.39, 0.29) is 28.7 Å². The summed E-state index contributed by atoms with van der Waals surface area (Å²) in [5, 5.41) is 12.3. The second-order valence-corrected chi connectivity index (χ2v) is 13.3. The average Bonchev–Trinajstić information content (AvgIpc) is 3.42. The first-order chi connectivity index (χ1) is 17.0. The van der Waals surface area contributed by atoms with Gasteiger partial charge >= 0.3 is 5.97 Å². The molecular formula is C32H43NO3. The van der Waals surface area contributed by atoms with Crippen LogP contribution in [0, 0.1) is 11.8 Å². The van der Waals surface area contributed by atoms with Gasteiger partial charge in [-0.15, -0.1) is 0 Å². The summed E-state index contributed by atoms with van der Waals surface area (Å²) in [7, 11) is 0. The molecule has 0 heterocycles. The monoisotopic (exact) mass is 489 g/mol. The number of carbonyl (C=O) groups is 2. The van der Waals surface area contributed by atoms with Crippen LogP contribution in [0.3, 0.4) is 0 Å². The summed E-state index contributed by atoms with van der Waals surface area (Å²) >= 11 is 0. The Labute approximate surface area is 216 Å². The second-order valence-electron chi connectivity index (χ2n) is 13.3. The Bertz CT molecular complexity index is 1080. The van der Waals surface area contributed by atoms with E-state index >= 15 is 0 Å². The van der Waals surface area contributed by atoms with E-state index < -0.39 is 5.97 Å². The Hall–Kier alpha value is -2.36. The third-order valence-corrected chi connectivity index (χ3v) is 9.30. The zero-order valence-electron chi connectivity index (χ0n) is 22.6. The third kappa shape index (κ3) is 5.33. The van der Waals surface area contributed by atoms with E-state index in [9.17, 15) is 14.7 Å². The molecule has 0 spiro atoms. The number of carbonyl (C=O) groups excluding carboxylic acids is 1. The summed E-state index contributed by atoms with van der Waals surface area (Å²) in [5.41, 5.74) is 8.00. The molecule has 1 amide bonds. The highest BCUT2D eigenvalue weighted by molar-refractivity contribution is 5.99. The van der Waals surface area contributed by atoms with Crippen LogP contribution in [0.2, 0.25) is 0 Å². The van der Waals surface area contributed by atoms with Gasteiger partial charge in [-0.25, -0.2) is 0 Å². The second kappa shape index (κ2) is 9.50. The van der Waals surface area contributed by atoms with E-state index in [1.165, 1.54) is 72.8 Å². The first-order valence-electron chi connectivity index (χ1n) is 14.1. The molecule has 194 valence electrons. The van der Waals surface area contributed by atoms with Crippen LogP contribution in [0.5, 0.6) is 0 Å². The van der Waals surface area contributed by atoms with Crippen LogP contribution in [-0.2, 0) is 20.4 Å². The van der Waals surface area contributed by atoms with Crippen molar-refractivity contribution < 1.29 is 14.7 Å². The topological polar surface area (TPSA) is 66.4 Å². The zero-order chi connectivity index (χ0) is 25.7. The number of hydrogen-bond donors (Lipinski definition) is 2. The molecule has 0 aliphatic heterocycles. The molecule has 5 rings (SSSR count). The normalized spacial score (nSPS) is 25.8. The lowest BCUT2D eigenvalue weighted by atomic mass is 9.80. The third-order valence-electron chi connectivity index (χ3n) is 9.30. The van der Waals surface area contributed by atoms with Crippen molar-refractivity contribution in [3.8, 4) is 0 Å². The summed E-state index contributed by atoms with van der Waals surface area (Å²) in [6.45, 7) is 9.25. The lowest BCUT2D eigenvalue weighted by molar-refractivity contribution is -0.146. The highest BCUT2D eigenvalue weighted by atomic mass is 16.4. The van der Waals surface area contributed by atoms with Crippen molar-refractivity contribution in [3.63, 3.8) is 0 Å². The van der Waals surface area contributed by atoms with Crippen molar-refractivity contribution in [1.82, 2.24) is 5.32 Å². The minimum absolute atomic E-state index is 0.0127. The Morgan fingerprint density at radius 1 is 1.06 bits per heavy atom. The molecule has 36 heavy (non-hydrogen) atoms. The van der Waals surface area contributed by atoms with Gasteiger partial charge in [0.2, 0.25) is 5.91 Å². The van der Waals surface area contributed by atoms with Crippen molar-refractivity contribution in [2.24, 2.45) is 11.8 Å². The molecule has 3 fully saturated rings. The van der Waals surface area contributed by atoms with Crippen LogP contribution in [0.4, 0.5) is 0 Å². The summed E-state index contributed by atoms with van der Waals surface area (Å²) in [6.07, 6.45) is 14.0. The SMILES string of the molecule is CC(C)(C)c1cc(C2=C(CC3CCCCC3)C=C(C(=O)NC3CC(C(=O)O)C3)C2)cc(C2(C)CC2)c1. The molecule has 0 atom stereocenters. The van der Waals surface area contributed by atoms with Crippen LogP contribution in [0.15, 0.2) is 35.4 Å². The van der Waals surface area contributed by atoms with Gasteiger partial charge < -0.3 is 10.4 Å². The molecule has 4 aliphatic rings. The first-order valence-corrected chi connectivity index (χ1v) is 14.1. The van der Waals surface area contributed by atoms with E-state index in [1.54, 1.807) is 0 Å². The number of amides is 1. The molecule has 0 radical (unpaired) electrons.